The Morgan fingerprint density at radius 1 is 1.33 bits per heavy atom. The second-order valence-electron chi connectivity index (χ2n) is 5.08. The summed E-state index contributed by atoms with van der Waals surface area (Å²) in [4.78, 5) is 11.7. The lowest BCUT2D eigenvalue weighted by Gasteiger charge is -2.11. The van der Waals surface area contributed by atoms with Gasteiger partial charge in [-0.15, -0.1) is 0 Å². The summed E-state index contributed by atoms with van der Waals surface area (Å²) in [5.41, 5.74) is 2.17. The zero-order valence-corrected chi connectivity index (χ0v) is 12.6. The summed E-state index contributed by atoms with van der Waals surface area (Å²) in [7, 11) is 0. The summed E-state index contributed by atoms with van der Waals surface area (Å²) in [5.74, 6) is 0.795. The van der Waals surface area contributed by atoms with Crippen molar-refractivity contribution >= 4 is 0 Å². The van der Waals surface area contributed by atoms with E-state index in [0.29, 0.717) is 12.1 Å². The van der Waals surface area contributed by atoms with Gasteiger partial charge in [0.1, 0.15) is 5.75 Å². The third kappa shape index (κ3) is 4.16. The lowest BCUT2D eigenvalue weighted by atomic mass is 10.1. The molecule has 21 heavy (non-hydrogen) atoms. The minimum Gasteiger partial charge on any atom is -0.491 e. The highest BCUT2D eigenvalue weighted by Crippen LogP contribution is 2.22. The maximum Gasteiger partial charge on any atom is 0.268 e. The standard InChI is InChI=1S/C16H21N3O2/c1-4-17-10-13-9-15(18-19-16(13)20)12-6-5-7-14(8-12)21-11(2)3/h5-9,11,17H,4,10H2,1-3H3,(H,19,20). The van der Waals surface area contributed by atoms with Crippen molar-refractivity contribution in [2.24, 2.45) is 0 Å². The van der Waals surface area contributed by atoms with Crippen LogP contribution in [-0.2, 0) is 6.54 Å². The molecule has 0 fully saturated rings. The third-order valence-electron chi connectivity index (χ3n) is 2.95. The van der Waals surface area contributed by atoms with Crippen LogP contribution >= 0.6 is 0 Å². The molecule has 1 aromatic heterocycles. The molecule has 0 aliphatic heterocycles. The molecule has 1 aromatic carbocycles. The molecule has 0 aliphatic rings. The first-order valence-electron chi connectivity index (χ1n) is 7.16. The molecule has 2 rings (SSSR count). The van der Waals surface area contributed by atoms with Gasteiger partial charge < -0.3 is 10.1 Å². The van der Waals surface area contributed by atoms with Crippen molar-refractivity contribution in [1.82, 2.24) is 15.5 Å². The fourth-order valence-corrected chi connectivity index (χ4v) is 1.99. The summed E-state index contributed by atoms with van der Waals surface area (Å²) in [6.45, 7) is 7.32. The van der Waals surface area contributed by atoms with Crippen LogP contribution in [0.2, 0.25) is 0 Å². The molecular formula is C16H21N3O2. The van der Waals surface area contributed by atoms with Gasteiger partial charge in [-0.05, 0) is 38.6 Å². The summed E-state index contributed by atoms with van der Waals surface area (Å²) >= 11 is 0. The summed E-state index contributed by atoms with van der Waals surface area (Å²) in [6.07, 6.45) is 0.119. The van der Waals surface area contributed by atoms with Crippen LogP contribution in [0.1, 0.15) is 26.3 Å². The highest BCUT2D eigenvalue weighted by molar-refractivity contribution is 5.61. The highest BCUT2D eigenvalue weighted by atomic mass is 16.5. The van der Waals surface area contributed by atoms with Crippen LogP contribution in [0, 0.1) is 0 Å². The SMILES string of the molecule is CCNCc1cc(-c2cccc(OC(C)C)c2)n[nH]c1=O. The zero-order valence-electron chi connectivity index (χ0n) is 12.6. The molecule has 0 atom stereocenters. The Kier molecular flexibility index (Phi) is 5.11. The molecule has 0 bridgehead atoms. The molecule has 0 saturated carbocycles. The van der Waals surface area contributed by atoms with Gasteiger partial charge in [0.25, 0.3) is 5.56 Å². The maximum atomic E-state index is 11.7. The molecule has 0 saturated heterocycles. The second-order valence-corrected chi connectivity index (χ2v) is 5.08. The number of nitrogens with zero attached hydrogens (tertiary/aromatic N) is 1. The normalized spacial score (nSPS) is 10.9. The Morgan fingerprint density at radius 2 is 2.14 bits per heavy atom. The topological polar surface area (TPSA) is 67.0 Å². The van der Waals surface area contributed by atoms with E-state index in [0.717, 1.165) is 23.6 Å². The van der Waals surface area contributed by atoms with Crippen LogP contribution in [-0.4, -0.2) is 22.8 Å². The number of aromatic nitrogens is 2. The fourth-order valence-electron chi connectivity index (χ4n) is 1.99. The Hall–Kier alpha value is -2.14. The van der Waals surface area contributed by atoms with Gasteiger partial charge in [-0.25, -0.2) is 5.10 Å². The molecule has 5 nitrogen and oxygen atoms in total. The van der Waals surface area contributed by atoms with E-state index in [-0.39, 0.29) is 11.7 Å². The minimum atomic E-state index is -0.158. The third-order valence-corrected chi connectivity index (χ3v) is 2.95. The van der Waals surface area contributed by atoms with Crippen molar-refractivity contribution in [2.45, 2.75) is 33.4 Å². The first-order valence-corrected chi connectivity index (χ1v) is 7.16. The predicted octanol–water partition coefficient (Wildman–Crippen LogP) is 2.33. The van der Waals surface area contributed by atoms with Gasteiger partial charge in [0, 0.05) is 17.7 Å². The number of benzene rings is 1. The number of hydrogen-bond acceptors (Lipinski definition) is 4. The quantitative estimate of drug-likeness (QED) is 0.855. The van der Waals surface area contributed by atoms with Gasteiger partial charge in [0.05, 0.1) is 11.8 Å². The van der Waals surface area contributed by atoms with E-state index in [1.54, 1.807) is 0 Å². The Morgan fingerprint density at radius 3 is 2.86 bits per heavy atom. The van der Waals surface area contributed by atoms with Crippen LogP contribution in [0.15, 0.2) is 35.1 Å². The number of rotatable bonds is 6. The Balaban J connectivity index is 2.31. The van der Waals surface area contributed by atoms with Crippen molar-refractivity contribution in [3.05, 3.63) is 46.2 Å². The van der Waals surface area contributed by atoms with Crippen molar-refractivity contribution < 1.29 is 4.74 Å². The second kappa shape index (κ2) is 7.04. The van der Waals surface area contributed by atoms with E-state index in [4.69, 9.17) is 4.74 Å². The van der Waals surface area contributed by atoms with Crippen LogP contribution < -0.4 is 15.6 Å². The molecule has 0 spiro atoms. The van der Waals surface area contributed by atoms with Gasteiger partial charge in [-0.2, -0.15) is 5.10 Å². The van der Waals surface area contributed by atoms with Gasteiger partial charge in [0.15, 0.2) is 0 Å². The van der Waals surface area contributed by atoms with E-state index in [1.165, 1.54) is 0 Å². The molecule has 112 valence electrons. The van der Waals surface area contributed by atoms with Crippen molar-refractivity contribution in [2.75, 3.05) is 6.54 Å². The largest absolute Gasteiger partial charge is 0.491 e. The van der Waals surface area contributed by atoms with Gasteiger partial charge >= 0.3 is 0 Å². The summed E-state index contributed by atoms with van der Waals surface area (Å²) in [6, 6.07) is 9.52. The van der Waals surface area contributed by atoms with Crippen LogP contribution in [0.5, 0.6) is 5.75 Å². The van der Waals surface area contributed by atoms with Crippen molar-refractivity contribution in [1.29, 1.82) is 0 Å². The first kappa shape index (κ1) is 15.3. The molecule has 2 N–H and O–H groups in total. The van der Waals surface area contributed by atoms with E-state index >= 15 is 0 Å². The van der Waals surface area contributed by atoms with Gasteiger partial charge in [-0.1, -0.05) is 19.1 Å². The molecule has 0 unspecified atom stereocenters. The van der Waals surface area contributed by atoms with Crippen molar-refractivity contribution in [3.63, 3.8) is 0 Å². The number of hydrogen-bond donors (Lipinski definition) is 2. The average Bonchev–Trinajstić information content (AvgIpc) is 2.46. The minimum absolute atomic E-state index is 0.119. The Labute approximate surface area is 124 Å². The van der Waals surface area contributed by atoms with Crippen LogP contribution in [0.25, 0.3) is 11.3 Å². The van der Waals surface area contributed by atoms with Gasteiger partial charge in [-0.3, -0.25) is 4.79 Å². The van der Waals surface area contributed by atoms with Crippen molar-refractivity contribution in [3.8, 4) is 17.0 Å². The lowest BCUT2D eigenvalue weighted by Crippen LogP contribution is -2.21. The monoisotopic (exact) mass is 287 g/mol. The molecule has 0 amide bonds. The van der Waals surface area contributed by atoms with E-state index in [9.17, 15) is 4.79 Å². The fraction of sp³-hybridized carbons (Fsp3) is 0.375. The summed E-state index contributed by atoms with van der Waals surface area (Å²) in [5, 5.41) is 9.82. The number of aromatic amines is 1. The number of H-pyrrole nitrogens is 1. The molecule has 0 aliphatic carbocycles. The predicted molar refractivity (Wildman–Crippen MR) is 83.4 cm³/mol. The molecule has 2 aromatic rings. The molecule has 1 heterocycles. The van der Waals surface area contributed by atoms with Crippen LogP contribution in [0.3, 0.4) is 0 Å². The molecule has 0 radical (unpaired) electrons. The Bertz CT molecular complexity index is 650. The smallest absolute Gasteiger partial charge is 0.268 e. The highest BCUT2D eigenvalue weighted by Gasteiger charge is 2.07. The first-order chi connectivity index (χ1) is 10.1. The zero-order chi connectivity index (χ0) is 15.2. The number of nitrogens with one attached hydrogen (secondary N) is 2. The van der Waals surface area contributed by atoms with E-state index in [1.807, 2.05) is 51.1 Å². The molecule has 5 heteroatoms. The van der Waals surface area contributed by atoms with Crippen LogP contribution in [0.4, 0.5) is 0 Å². The van der Waals surface area contributed by atoms with E-state index < -0.39 is 0 Å². The van der Waals surface area contributed by atoms with E-state index in [2.05, 4.69) is 15.5 Å². The molecular weight excluding hydrogens is 266 g/mol. The maximum absolute atomic E-state index is 11.7. The number of ether oxygens (including phenoxy) is 1. The summed E-state index contributed by atoms with van der Waals surface area (Å²) < 4.78 is 5.68. The lowest BCUT2D eigenvalue weighted by molar-refractivity contribution is 0.242. The van der Waals surface area contributed by atoms with Gasteiger partial charge in [0.2, 0.25) is 0 Å². The average molecular weight is 287 g/mol.